The minimum absolute atomic E-state index is 0.162. The first kappa shape index (κ1) is 22.7. The zero-order chi connectivity index (χ0) is 23.7. The molecule has 3 aromatic heterocycles. The number of sulfonamides is 1. The van der Waals surface area contributed by atoms with Crippen LogP contribution in [0.3, 0.4) is 0 Å². The zero-order valence-electron chi connectivity index (χ0n) is 18.2. The molecule has 1 aliphatic rings. The van der Waals surface area contributed by atoms with Crippen LogP contribution in [0.1, 0.15) is 11.3 Å². The Hall–Kier alpha value is -3.06. The molecule has 0 saturated carbocycles. The Balaban J connectivity index is 1.33. The van der Waals surface area contributed by atoms with Crippen LogP contribution in [-0.4, -0.2) is 58.6 Å². The maximum Gasteiger partial charge on any atom is 0.277 e. The molecule has 0 atom stereocenters. The van der Waals surface area contributed by atoms with Crippen LogP contribution in [0, 0.1) is 6.92 Å². The molecule has 0 unspecified atom stereocenters. The Kier molecular flexibility index (Phi) is 6.21. The number of morpholine rings is 1. The average Bonchev–Trinajstić information content (AvgIpc) is 3.32. The molecule has 5 rings (SSSR count). The fourth-order valence-electron chi connectivity index (χ4n) is 3.57. The van der Waals surface area contributed by atoms with E-state index in [1.165, 1.54) is 32.6 Å². The van der Waals surface area contributed by atoms with Gasteiger partial charge in [0.15, 0.2) is 0 Å². The lowest BCUT2D eigenvalue weighted by molar-refractivity contribution is 0.0730. The molecule has 0 bridgehead atoms. The summed E-state index contributed by atoms with van der Waals surface area (Å²) in [6, 6.07) is 11.6. The SMILES string of the molecule is Cc1ccn2c(=O)cc(CSc3nnc(-c4cccc(S(=O)(=O)N5CCOCC5)c4)o3)nc2c1. The van der Waals surface area contributed by atoms with Crippen LogP contribution in [0.15, 0.2) is 68.0 Å². The molecule has 176 valence electrons. The molecule has 1 fully saturated rings. The minimum atomic E-state index is -3.64. The van der Waals surface area contributed by atoms with Gasteiger partial charge in [-0.15, -0.1) is 10.2 Å². The van der Waals surface area contributed by atoms with Crippen LogP contribution in [-0.2, 0) is 20.5 Å². The molecule has 1 aromatic carbocycles. The highest BCUT2D eigenvalue weighted by atomic mass is 32.2. The van der Waals surface area contributed by atoms with Crippen molar-refractivity contribution >= 4 is 27.4 Å². The summed E-state index contributed by atoms with van der Waals surface area (Å²) in [5.74, 6) is 0.580. The number of fused-ring (bicyclic) bond motifs is 1. The molecule has 0 spiro atoms. The van der Waals surface area contributed by atoms with E-state index in [0.29, 0.717) is 54.2 Å². The lowest BCUT2D eigenvalue weighted by Gasteiger charge is -2.26. The van der Waals surface area contributed by atoms with Gasteiger partial charge >= 0.3 is 0 Å². The second-order valence-corrected chi connectivity index (χ2v) is 10.6. The smallest absolute Gasteiger partial charge is 0.277 e. The topological polar surface area (TPSA) is 120 Å². The van der Waals surface area contributed by atoms with Crippen LogP contribution in [0.25, 0.3) is 17.1 Å². The normalized spacial score (nSPS) is 15.1. The second kappa shape index (κ2) is 9.29. The molecular formula is C22H21N5O5S2. The number of thioether (sulfide) groups is 1. The standard InChI is InChI=1S/C22H21N5O5S2/c1-15-5-6-27-19(11-15)23-17(13-20(27)28)14-33-22-25-24-21(32-22)16-3-2-4-18(12-16)34(29,30)26-7-9-31-10-8-26/h2-6,11-13H,7-10,14H2,1H3. The van der Waals surface area contributed by atoms with Gasteiger partial charge in [0.25, 0.3) is 10.8 Å². The molecule has 10 nitrogen and oxygen atoms in total. The highest BCUT2D eigenvalue weighted by Gasteiger charge is 2.27. The molecule has 0 aliphatic carbocycles. The maximum atomic E-state index is 12.9. The number of ether oxygens (including phenoxy) is 1. The monoisotopic (exact) mass is 499 g/mol. The molecular weight excluding hydrogens is 478 g/mol. The van der Waals surface area contributed by atoms with Crippen molar-refractivity contribution in [2.24, 2.45) is 0 Å². The van der Waals surface area contributed by atoms with Crippen LogP contribution in [0.5, 0.6) is 0 Å². The number of nitrogens with zero attached hydrogens (tertiary/aromatic N) is 5. The molecule has 0 N–H and O–H groups in total. The predicted molar refractivity (Wildman–Crippen MR) is 125 cm³/mol. The first-order chi connectivity index (χ1) is 16.4. The summed E-state index contributed by atoms with van der Waals surface area (Å²) in [5.41, 5.74) is 2.53. The minimum Gasteiger partial charge on any atom is -0.411 e. The Bertz CT molecular complexity index is 1510. The van der Waals surface area contributed by atoms with Crippen LogP contribution >= 0.6 is 11.8 Å². The van der Waals surface area contributed by atoms with Crippen LogP contribution in [0.2, 0.25) is 0 Å². The summed E-state index contributed by atoms with van der Waals surface area (Å²) in [6.07, 6.45) is 1.70. The number of benzene rings is 1. The van der Waals surface area contributed by atoms with Crippen molar-refractivity contribution in [3.05, 3.63) is 70.3 Å². The van der Waals surface area contributed by atoms with E-state index in [2.05, 4.69) is 15.2 Å². The first-order valence-electron chi connectivity index (χ1n) is 10.5. The van der Waals surface area contributed by atoms with Crippen molar-refractivity contribution in [2.75, 3.05) is 26.3 Å². The third-order valence-electron chi connectivity index (χ3n) is 5.31. The zero-order valence-corrected chi connectivity index (χ0v) is 19.9. The summed E-state index contributed by atoms with van der Waals surface area (Å²) in [6.45, 7) is 3.33. The van der Waals surface area contributed by atoms with Crippen molar-refractivity contribution in [1.29, 1.82) is 0 Å². The van der Waals surface area contributed by atoms with Crippen molar-refractivity contribution in [2.45, 2.75) is 22.8 Å². The first-order valence-corrected chi connectivity index (χ1v) is 13.0. The third-order valence-corrected chi connectivity index (χ3v) is 8.06. The van der Waals surface area contributed by atoms with Crippen molar-refractivity contribution in [3.8, 4) is 11.5 Å². The summed E-state index contributed by atoms with van der Waals surface area (Å²) < 4.78 is 39.8. The van der Waals surface area contributed by atoms with E-state index in [4.69, 9.17) is 9.15 Å². The second-order valence-electron chi connectivity index (χ2n) is 7.72. The highest BCUT2D eigenvalue weighted by Crippen LogP contribution is 2.27. The Morgan fingerprint density at radius 3 is 2.74 bits per heavy atom. The number of rotatable bonds is 6. The van der Waals surface area contributed by atoms with E-state index in [9.17, 15) is 13.2 Å². The van der Waals surface area contributed by atoms with Gasteiger partial charge in [0, 0.05) is 36.7 Å². The molecule has 34 heavy (non-hydrogen) atoms. The van der Waals surface area contributed by atoms with E-state index >= 15 is 0 Å². The van der Waals surface area contributed by atoms with Crippen molar-refractivity contribution in [3.63, 3.8) is 0 Å². The van der Waals surface area contributed by atoms with Gasteiger partial charge in [-0.1, -0.05) is 17.8 Å². The summed E-state index contributed by atoms with van der Waals surface area (Å²) in [5, 5.41) is 8.40. The van der Waals surface area contributed by atoms with Gasteiger partial charge in [-0.3, -0.25) is 9.20 Å². The fourth-order valence-corrected chi connectivity index (χ4v) is 5.68. The lowest BCUT2D eigenvalue weighted by atomic mass is 10.2. The molecule has 1 saturated heterocycles. The van der Waals surface area contributed by atoms with E-state index in [0.717, 1.165) is 5.56 Å². The number of hydrogen-bond donors (Lipinski definition) is 0. The van der Waals surface area contributed by atoms with E-state index < -0.39 is 10.0 Å². The molecule has 0 amide bonds. The predicted octanol–water partition coefficient (Wildman–Crippen LogP) is 2.37. The fraction of sp³-hybridized carbons (Fsp3) is 0.273. The molecule has 4 heterocycles. The average molecular weight is 500 g/mol. The molecule has 0 radical (unpaired) electrons. The molecule has 4 aromatic rings. The lowest BCUT2D eigenvalue weighted by Crippen LogP contribution is -2.40. The Morgan fingerprint density at radius 2 is 1.91 bits per heavy atom. The van der Waals surface area contributed by atoms with Crippen molar-refractivity contribution in [1.82, 2.24) is 23.9 Å². The summed E-state index contributed by atoms with van der Waals surface area (Å²) in [4.78, 5) is 17.0. The van der Waals surface area contributed by atoms with Gasteiger partial charge in [-0.2, -0.15) is 4.31 Å². The van der Waals surface area contributed by atoms with Gasteiger partial charge in [-0.05, 0) is 42.8 Å². The van der Waals surface area contributed by atoms with Gasteiger partial charge in [-0.25, -0.2) is 13.4 Å². The quantitative estimate of drug-likeness (QED) is 0.368. The number of hydrogen-bond acceptors (Lipinski definition) is 9. The number of aryl methyl sites for hydroxylation is 1. The van der Waals surface area contributed by atoms with Crippen molar-refractivity contribution < 1.29 is 17.6 Å². The van der Waals surface area contributed by atoms with Crippen LogP contribution in [0.4, 0.5) is 0 Å². The largest absolute Gasteiger partial charge is 0.411 e. The van der Waals surface area contributed by atoms with Gasteiger partial charge in [0.1, 0.15) is 5.65 Å². The van der Waals surface area contributed by atoms with E-state index in [1.54, 1.807) is 24.4 Å². The Morgan fingerprint density at radius 1 is 1.09 bits per heavy atom. The van der Waals surface area contributed by atoms with Crippen LogP contribution < -0.4 is 5.56 Å². The Labute approximate surface area is 199 Å². The maximum absolute atomic E-state index is 12.9. The van der Waals surface area contributed by atoms with Gasteiger partial charge in [0.05, 0.1) is 23.8 Å². The highest BCUT2D eigenvalue weighted by molar-refractivity contribution is 7.98. The number of aromatic nitrogens is 4. The van der Waals surface area contributed by atoms with Gasteiger partial charge in [0.2, 0.25) is 15.9 Å². The van der Waals surface area contributed by atoms with Gasteiger partial charge < -0.3 is 9.15 Å². The summed E-state index contributed by atoms with van der Waals surface area (Å²) in [7, 11) is -3.64. The summed E-state index contributed by atoms with van der Waals surface area (Å²) >= 11 is 1.25. The third kappa shape index (κ3) is 4.62. The molecule has 1 aliphatic heterocycles. The molecule has 12 heteroatoms. The van der Waals surface area contributed by atoms with E-state index in [1.807, 2.05) is 19.1 Å². The van der Waals surface area contributed by atoms with E-state index in [-0.39, 0.29) is 16.3 Å². The number of pyridine rings is 1.